The summed E-state index contributed by atoms with van der Waals surface area (Å²) >= 11 is 0. The maximum absolute atomic E-state index is 12.7. The van der Waals surface area contributed by atoms with Crippen LogP contribution in [-0.4, -0.2) is 20.4 Å². The van der Waals surface area contributed by atoms with Gasteiger partial charge in [-0.15, -0.1) is 0 Å². The van der Waals surface area contributed by atoms with Crippen LogP contribution in [0.3, 0.4) is 0 Å². The number of hydrogen-bond acceptors (Lipinski definition) is 3. The van der Waals surface area contributed by atoms with Crippen molar-refractivity contribution in [1.82, 2.24) is 14.5 Å². The summed E-state index contributed by atoms with van der Waals surface area (Å²) in [7, 11) is 0. The molecule has 1 aliphatic rings. The van der Waals surface area contributed by atoms with E-state index in [2.05, 4.69) is 4.98 Å². The topological polar surface area (TPSA) is 55.2 Å². The molecule has 1 amide bonds. The lowest BCUT2D eigenvalue weighted by Crippen LogP contribution is -2.46. The van der Waals surface area contributed by atoms with Crippen LogP contribution in [0.4, 0.5) is 0 Å². The van der Waals surface area contributed by atoms with Gasteiger partial charge in [0.15, 0.2) is 0 Å². The molecule has 1 atom stereocenters. The average molecular weight is 319 g/mol. The molecule has 0 bridgehead atoms. The molecule has 5 nitrogen and oxygen atoms in total. The monoisotopic (exact) mass is 319 g/mol. The van der Waals surface area contributed by atoms with Crippen LogP contribution in [0.25, 0.3) is 10.9 Å². The van der Waals surface area contributed by atoms with Crippen LogP contribution in [0.2, 0.25) is 0 Å². The van der Waals surface area contributed by atoms with E-state index in [0.29, 0.717) is 29.8 Å². The molecule has 0 saturated heterocycles. The highest BCUT2D eigenvalue weighted by atomic mass is 16.2. The maximum atomic E-state index is 12.7. The Morgan fingerprint density at radius 1 is 1.04 bits per heavy atom. The predicted molar refractivity (Wildman–Crippen MR) is 91.4 cm³/mol. The van der Waals surface area contributed by atoms with Gasteiger partial charge in [-0.05, 0) is 24.6 Å². The summed E-state index contributed by atoms with van der Waals surface area (Å²) in [4.78, 5) is 31.8. The summed E-state index contributed by atoms with van der Waals surface area (Å²) in [6.07, 6.45) is 0. The van der Waals surface area contributed by atoms with E-state index in [9.17, 15) is 9.59 Å². The summed E-state index contributed by atoms with van der Waals surface area (Å²) in [5, 5.41) is 0.553. The lowest BCUT2D eigenvalue weighted by Gasteiger charge is -2.33. The number of nitrogens with zero attached hydrogens (tertiary/aromatic N) is 3. The van der Waals surface area contributed by atoms with E-state index >= 15 is 0 Å². The SMILES string of the molecule is C[C@H]1C(=O)N(Cc2ccccc2)Cc2nc3ccccc3c(=O)n21. The Balaban J connectivity index is 1.79. The number of carbonyl (C=O) groups is 1. The molecule has 0 fully saturated rings. The van der Waals surface area contributed by atoms with Crippen molar-refractivity contribution < 1.29 is 4.79 Å². The van der Waals surface area contributed by atoms with Gasteiger partial charge in [-0.1, -0.05) is 42.5 Å². The molecule has 3 aromatic rings. The largest absolute Gasteiger partial charge is 0.329 e. The third-order valence-corrected chi connectivity index (χ3v) is 4.49. The van der Waals surface area contributed by atoms with E-state index in [0.717, 1.165) is 5.56 Å². The average Bonchev–Trinajstić information content (AvgIpc) is 2.60. The molecule has 0 radical (unpaired) electrons. The van der Waals surface area contributed by atoms with E-state index in [1.54, 1.807) is 17.9 Å². The second-order valence-electron chi connectivity index (χ2n) is 6.08. The van der Waals surface area contributed by atoms with Crippen molar-refractivity contribution in [3.8, 4) is 0 Å². The number of amides is 1. The lowest BCUT2D eigenvalue weighted by molar-refractivity contribution is -0.137. The first-order chi connectivity index (χ1) is 11.6. The minimum Gasteiger partial charge on any atom is -0.329 e. The Morgan fingerprint density at radius 3 is 2.54 bits per heavy atom. The highest BCUT2D eigenvalue weighted by Crippen LogP contribution is 2.22. The fraction of sp³-hybridized carbons (Fsp3) is 0.211. The van der Waals surface area contributed by atoms with Gasteiger partial charge in [0.2, 0.25) is 5.91 Å². The molecule has 5 heteroatoms. The van der Waals surface area contributed by atoms with Crippen LogP contribution in [-0.2, 0) is 17.9 Å². The minimum absolute atomic E-state index is 0.0504. The van der Waals surface area contributed by atoms with Gasteiger partial charge in [-0.3, -0.25) is 14.2 Å². The van der Waals surface area contributed by atoms with Crippen LogP contribution in [0.15, 0.2) is 59.4 Å². The van der Waals surface area contributed by atoms with Gasteiger partial charge in [0.05, 0.1) is 17.4 Å². The highest BCUT2D eigenvalue weighted by Gasteiger charge is 2.32. The van der Waals surface area contributed by atoms with Gasteiger partial charge in [0.25, 0.3) is 5.56 Å². The van der Waals surface area contributed by atoms with E-state index < -0.39 is 6.04 Å². The molecular formula is C19H17N3O2. The second-order valence-corrected chi connectivity index (χ2v) is 6.08. The lowest BCUT2D eigenvalue weighted by atomic mass is 10.1. The number of benzene rings is 2. The summed E-state index contributed by atoms with van der Waals surface area (Å²) in [6, 6.07) is 16.6. The van der Waals surface area contributed by atoms with Crippen molar-refractivity contribution in [2.75, 3.05) is 0 Å². The molecular weight excluding hydrogens is 302 g/mol. The van der Waals surface area contributed by atoms with Gasteiger partial charge in [-0.2, -0.15) is 0 Å². The number of hydrogen-bond donors (Lipinski definition) is 0. The molecule has 24 heavy (non-hydrogen) atoms. The molecule has 0 N–H and O–H groups in total. The van der Waals surface area contributed by atoms with Gasteiger partial charge in [0, 0.05) is 6.54 Å². The van der Waals surface area contributed by atoms with Gasteiger partial charge >= 0.3 is 0 Å². The molecule has 2 heterocycles. The van der Waals surface area contributed by atoms with E-state index in [-0.39, 0.29) is 11.5 Å². The number of carbonyl (C=O) groups excluding carboxylic acids is 1. The van der Waals surface area contributed by atoms with E-state index in [4.69, 9.17) is 0 Å². The first kappa shape index (κ1) is 14.6. The summed E-state index contributed by atoms with van der Waals surface area (Å²) in [5.74, 6) is 0.590. The molecule has 1 aromatic heterocycles. The van der Waals surface area contributed by atoms with Crippen LogP contribution in [0, 0.1) is 0 Å². The summed E-state index contributed by atoms with van der Waals surface area (Å²) in [6.45, 7) is 2.63. The van der Waals surface area contributed by atoms with Gasteiger partial charge in [0.1, 0.15) is 11.9 Å². The molecule has 120 valence electrons. The fourth-order valence-corrected chi connectivity index (χ4v) is 3.26. The third-order valence-electron chi connectivity index (χ3n) is 4.49. The number of fused-ring (bicyclic) bond motifs is 2. The van der Waals surface area contributed by atoms with Crippen molar-refractivity contribution in [2.45, 2.75) is 26.1 Å². The first-order valence-corrected chi connectivity index (χ1v) is 7.98. The third kappa shape index (κ3) is 2.29. The highest BCUT2D eigenvalue weighted by molar-refractivity contribution is 5.83. The van der Waals surface area contributed by atoms with Crippen LogP contribution < -0.4 is 5.56 Å². The molecule has 0 unspecified atom stereocenters. The molecule has 0 spiro atoms. The second kappa shape index (κ2) is 5.60. The normalized spacial score (nSPS) is 17.1. The van der Waals surface area contributed by atoms with Crippen molar-refractivity contribution in [2.24, 2.45) is 0 Å². The van der Waals surface area contributed by atoms with Gasteiger partial charge < -0.3 is 4.90 Å². The quantitative estimate of drug-likeness (QED) is 0.729. The van der Waals surface area contributed by atoms with Crippen molar-refractivity contribution >= 4 is 16.8 Å². The maximum Gasteiger partial charge on any atom is 0.262 e. The zero-order valence-corrected chi connectivity index (χ0v) is 13.3. The Bertz CT molecular complexity index is 979. The minimum atomic E-state index is -0.540. The van der Waals surface area contributed by atoms with E-state index in [1.807, 2.05) is 48.5 Å². The number of aromatic nitrogens is 2. The molecule has 4 rings (SSSR count). The molecule has 0 saturated carbocycles. The standard InChI is InChI=1S/C19H17N3O2/c1-13-18(23)21(11-14-7-3-2-4-8-14)12-17-20-16-10-6-5-9-15(16)19(24)22(13)17/h2-10,13H,11-12H2,1H3/t13-/m0/s1. The van der Waals surface area contributed by atoms with Crippen LogP contribution in [0.5, 0.6) is 0 Å². The smallest absolute Gasteiger partial charge is 0.262 e. The Labute approximate surface area is 139 Å². The van der Waals surface area contributed by atoms with E-state index in [1.165, 1.54) is 4.57 Å². The summed E-state index contributed by atoms with van der Waals surface area (Å²) < 4.78 is 1.53. The molecule has 1 aliphatic heterocycles. The zero-order chi connectivity index (χ0) is 16.7. The predicted octanol–water partition coefficient (Wildman–Crippen LogP) is 2.50. The zero-order valence-electron chi connectivity index (χ0n) is 13.3. The Morgan fingerprint density at radius 2 is 1.75 bits per heavy atom. The fourth-order valence-electron chi connectivity index (χ4n) is 3.26. The van der Waals surface area contributed by atoms with Crippen molar-refractivity contribution in [3.63, 3.8) is 0 Å². The first-order valence-electron chi connectivity index (χ1n) is 7.98. The van der Waals surface area contributed by atoms with Crippen molar-refractivity contribution in [1.29, 1.82) is 0 Å². The Kier molecular flexibility index (Phi) is 3.41. The number of rotatable bonds is 2. The van der Waals surface area contributed by atoms with Crippen molar-refractivity contribution in [3.05, 3.63) is 76.3 Å². The van der Waals surface area contributed by atoms with Gasteiger partial charge in [-0.25, -0.2) is 4.98 Å². The van der Waals surface area contributed by atoms with Crippen LogP contribution >= 0.6 is 0 Å². The summed E-state index contributed by atoms with van der Waals surface area (Å²) in [5.41, 5.74) is 1.60. The Hall–Kier alpha value is -2.95. The van der Waals surface area contributed by atoms with Crippen LogP contribution in [0.1, 0.15) is 24.4 Å². The molecule has 0 aliphatic carbocycles. The number of para-hydroxylation sites is 1. The molecule has 2 aromatic carbocycles.